The summed E-state index contributed by atoms with van der Waals surface area (Å²) in [6.07, 6.45) is 3.56. The average molecular weight is 387 g/mol. The van der Waals surface area contributed by atoms with Gasteiger partial charge in [0, 0.05) is 0 Å². The van der Waals surface area contributed by atoms with Crippen molar-refractivity contribution in [2.75, 3.05) is 0 Å². The predicted molar refractivity (Wildman–Crippen MR) is 72.7 cm³/mol. The molecule has 0 radical (unpaired) electrons. The van der Waals surface area contributed by atoms with Crippen molar-refractivity contribution >= 4 is 0 Å². The molecule has 20 heavy (non-hydrogen) atoms. The zero-order chi connectivity index (χ0) is 13.5. The van der Waals surface area contributed by atoms with Gasteiger partial charge >= 0.3 is 126 Å². The number of fused-ring (bicyclic) bond motifs is 1. The first-order chi connectivity index (χ1) is 8.22. The van der Waals surface area contributed by atoms with Gasteiger partial charge in [0.05, 0.1) is 0 Å². The molecule has 1 unspecified atom stereocenters. The fourth-order valence-electron chi connectivity index (χ4n) is 4.80. The van der Waals surface area contributed by atoms with E-state index >= 15 is 0 Å². The molecule has 0 saturated heterocycles. The summed E-state index contributed by atoms with van der Waals surface area (Å²) in [6, 6.07) is 0. The summed E-state index contributed by atoms with van der Waals surface area (Å²) in [5.41, 5.74) is 10.3. The van der Waals surface area contributed by atoms with Gasteiger partial charge in [-0.25, -0.2) is 0 Å². The van der Waals surface area contributed by atoms with Crippen molar-refractivity contribution in [1.29, 1.82) is 0 Å². The topological polar surface area (TPSA) is 0 Å². The van der Waals surface area contributed by atoms with E-state index in [9.17, 15) is 0 Å². The smallest absolute Gasteiger partial charge is 1.00 e. The Bertz CT molecular complexity index is 602. The number of halogens is 2. The maximum atomic E-state index is 2.48. The monoisotopic (exact) mass is 385 g/mol. The number of hydrogen-bond acceptors (Lipinski definition) is 0. The summed E-state index contributed by atoms with van der Waals surface area (Å²) in [4.78, 5) is 0. The molecule has 0 aromatic rings. The Kier molecular flexibility index (Phi) is 4.85. The van der Waals surface area contributed by atoms with Gasteiger partial charge in [-0.1, -0.05) is 0 Å². The Morgan fingerprint density at radius 2 is 1.60 bits per heavy atom. The summed E-state index contributed by atoms with van der Waals surface area (Å²) in [5.74, 6) is 0. The molecule has 0 aromatic heterocycles. The summed E-state index contributed by atoms with van der Waals surface area (Å²) in [7, 11) is 0. The summed E-state index contributed by atoms with van der Waals surface area (Å²) in [6.45, 7) is 14.2. The molecule has 2 bridgehead atoms. The summed E-state index contributed by atoms with van der Waals surface area (Å²) < 4.78 is 1.70. The van der Waals surface area contributed by atoms with Crippen LogP contribution in [0.1, 0.15) is 48.0 Å². The van der Waals surface area contributed by atoms with Crippen LogP contribution in [0, 0.1) is 10.8 Å². The first kappa shape index (κ1) is 18.5. The van der Waals surface area contributed by atoms with E-state index in [0.29, 0.717) is 5.41 Å². The van der Waals surface area contributed by atoms with Crippen LogP contribution in [0.2, 0.25) is 0 Å². The van der Waals surface area contributed by atoms with Gasteiger partial charge in [0.25, 0.3) is 0 Å². The van der Waals surface area contributed by atoms with Crippen LogP contribution in [-0.2, 0) is 24.7 Å². The maximum absolute atomic E-state index is 2.48. The van der Waals surface area contributed by atoms with Crippen LogP contribution in [0.3, 0.4) is 0 Å². The minimum Gasteiger partial charge on any atom is -1.00 e. The molecule has 0 N–H and O–H groups in total. The van der Waals surface area contributed by atoms with Gasteiger partial charge in [-0.3, -0.25) is 0 Å². The summed E-state index contributed by atoms with van der Waals surface area (Å²) >= 11 is 1.60. The molecule has 0 spiro atoms. The Morgan fingerprint density at radius 1 is 1.05 bits per heavy atom. The second-order valence-electron chi connectivity index (χ2n) is 6.83. The minimum absolute atomic E-state index is 0. The standard InChI is InChI=1S/C17H21.2ClH.Zr/c1-10-7-11(2)13(8-10)17(6)9-14-12(3)15(17)16(14,4)5;;;/h7H,8H2,1-6H3;2*1H;/q;;;+2/p-2. The number of rotatable bonds is 1. The van der Waals surface area contributed by atoms with Gasteiger partial charge < -0.3 is 24.8 Å². The average Bonchev–Trinajstić information content (AvgIpc) is 2.71. The van der Waals surface area contributed by atoms with E-state index < -0.39 is 0 Å². The second-order valence-corrected chi connectivity index (χ2v) is 8.06. The van der Waals surface area contributed by atoms with Crippen LogP contribution in [0.25, 0.3) is 0 Å². The van der Waals surface area contributed by atoms with E-state index in [0.717, 1.165) is 0 Å². The predicted octanol–water partition coefficient (Wildman–Crippen LogP) is -1.16. The quantitative estimate of drug-likeness (QED) is 0.533. The molecule has 4 aliphatic carbocycles. The molecule has 0 amide bonds. The van der Waals surface area contributed by atoms with Crippen molar-refractivity contribution in [3.63, 3.8) is 0 Å². The first-order valence-electron chi connectivity index (χ1n) is 6.78. The molecule has 0 aromatic carbocycles. The van der Waals surface area contributed by atoms with Crippen molar-refractivity contribution in [3.8, 4) is 0 Å². The van der Waals surface area contributed by atoms with Gasteiger partial charge in [-0.05, 0) is 0 Å². The van der Waals surface area contributed by atoms with Crippen LogP contribution < -0.4 is 24.8 Å². The van der Waals surface area contributed by atoms with Gasteiger partial charge in [-0.2, -0.15) is 0 Å². The van der Waals surface area contributed by atoms with Crippen molar-refractivity contribution < 1.29 is 49.5 Å². The van der Waals surface area contributed by atoms with Crippen molar-refractivity contribution in [2.45, 2.75) is 48.0 Å². The third-order valence-corrected chi connectivity index (χ3v) is 7.09. The van der Waals surface area contributed by atoms with E-state index in [1.165, 1.54) is 17.6 Å². The van der Waals surface area contributed by atoms with Gasteiger partial charge in [0.2, 0.25) is 0 Å². The minimum atomic E-state index is 0. The molecule has 0 nitrogen and oxygen atoms in total. The van der Waals surface area contributed by atoms with Crippen LogP contribution in [0.4, 0.5) is 0 Å². The van der Waals surface area contributed by atoms with E-state index in [4.69, 9.17) is 0 Å². The Balaban J connectivity index is 0.000001000. The molecule has 1 atom stereocenters. The van der Waals surface area contributed by atoms with Crippen LogP contribution in [-0.4, -0.2) is 0 Å². The SMILES string of the molecule is CC1=CC(C)=C(C2(C)[C]([Zr+2])=C3C(C)=C2C3(C)C)C1.[Cl-].[Cl-]. The van der Waals surface area contributed by atoms with Crippen molar-refractivity contribution in [1.82, 2.24) is 0 Å². The van der Waals surface area contributed by atoms with Crippen LogP contribution >= 0.6 is 0 Å². The van der Waals surface area contributed by atoms with E-state index in [2.05, 4.69) is 47.6 Å². The van der Waals surface area contributed by atoms with Gasteiger partial charge in [-0.15, -0.1) is 0 Å². The summed E-state index contributed by atoms with van der Waals surface area (Å²) in [5, 5.41) is 0. The Labute approximate surface area is 150 Å². The zero-order valence-electron chi connectivity index (χ0n) is 13.0. The molecular weight excluding hydrogens is 366 g/mol. The van der Waals surface area contributed by atoms with Crippen LogP contribution in [0.15, 0.2) is 42.8 Å². The molecule has 107 valence electrons. The van der Waals surface area contributed by atoms with E-state index in [1.807, 2.05) is 0 Å². The molecule has 4 rings (SSSR count). The molecule has 4 aliphatic rings. The fourth-order valence-corrected chi connectivity index (χ4v) is 6.71. The third kappa shape index (κ3) is 1.89. The van der Waals surface area contributed by atoms with Gasteiger partial charge in [0.15, 0.2) is 0 Å². The van der Waals surface area contributed by atoms with Crippen molar-refractivity contribution in [3.05, 3.63) is 42.8 Å². The van der Waals surface area contributed by atoms with Crippen LogP contribution in [0.5, 0.6) is 0 Å². The van der Waals surface area contributed by atoms with E-state index in [1.54, 1.807) is 50.3 Å². The molecule has 0 heterocycles. The maximum Gasteiger partial charge on any atom is -1.00 e. The fraction of sp³-hybridized carbons (Fsp3) is 0.529. The number of hydrogen-bond donors (Lipinski definition) is 0. The Hall–Kier alpha value is 0.423. The zero-order valence-corrected chi connectivity index (χ0v) is 17.0. The molecule has 0 aliphatic heterocycles. The number of allylic oxidation sites excluding steroid dienone is 8. The normalized spacial score (nSPS) is 30.1. The van der Waals surface area contributed by atoms with E-state index in [-0.39, 0.29) is 30.2 Å². The molecule has 0 fully saturated rings. The largest absolute Gasteiger partial charge is 1.00 e. The third-order valence-electron chi connectivity index (χ3n) is 5.25. The van der Waals surface area contributed by atoms with Gasteiger partial charge in [0.1, 0.15) is 0 Å². The molecule has 3 heteroatoms. The Morgan fingerprint density at radius 3 is 1.90 bits per heavy atom. The molecular formula is C17H21Cl2Zr. The van der Waals surface area contributed by atoms with Crippen molar-refractivity contribution in [2.24, 2.45) is 10.8 Å². The first-order valence-corrected chi connectivity index (χ1v) is 8.01. The molecule has 0 saturated carbocycles. The second kappa shape index (κ2) is 5.25.